The molecule has 2 aromatic rings. The maximum atomic E-state index is 12.5. The summed E-state index contributed by atoms with van der Waals surface area (Å²) in [6.45, 7) is 1.68. The van der Waals surface area contributed by atoms with Crippen molar-refractivity contribution in [3.8, 4) is 0 Å². The van der Waals surface area contributed by atoms with Gasteiger partial charge in [0, 0.05) is 13.6 Å². The minimum Gasteiger partial charge on any atom is -0.480 e. The zero-order valence-electron chi connectivity index (χ0n) is 12.0. The number of hydrogen-bond donors (Lipinski definition) is 1. The van der Waals surface area contributed by atoms with Gasteiger partial charge in [-0.3, -0.25) is 14.3 Å². The third kappa shape index (κ3) is 3.68. The van der Waals surface area contributed by atoms with Gasteiger partial charge in [-0.15, -0.1) is 0 Å². The van der Waals surface area contributed by atoms with Gasteiger partial charge in [0.05, 0.1) is 5.69 Å². The highest BCUT2D eigenvalue weighted by Crippen LogP contribution is 2.11. The number of amides is 1. The highest BCUT2D eigenvalue weighted by molar-refractivity contribution is 5.94. The van der Waals surface area contributed by atoms with E-state index in [1.54, 1.807) is 20.0 Å². The number of aryl methyl sites for hydroxylation is 2. The molecule has 1 aromatic heterocycles. The number of carboxylic acids is 1. The van der Waals surface area contributed by atoms with Crippen LogP contribution in [0.2, 0.25) is 0 Å². The van der Waals surface area contributed by atoms with Crippen LogP contribution in [0, 0.1) is 6.92 Å². The number of hydrogen-bond acceptors (Lipinski definition) is 3. The number of carbonyl (C=O) groups excluding carboxylic acids is 1. The topological polar surface area (TPSA) is 75.4 Å². The first-order valence-corrected chi connectivity index (χ1v) is 6.53. The number of rotatable bonds is 5. The Kier molecular flexibility index (Phi) is 4.37. The molecule has 6 nitrogen and oxygen atoms in total. The van der Waals surface area contributed by atoms with Gasteiger partial charge in [0.15, 0.2) is 0 Å². The summed E-state index contributed by atoms with van der Waals surface area (Å²) < 4.78 is 1.47. The van der Waals surface area contributed by atoms with Crippen molar-refractivity contribution >= 4 is 11.9 Å². The standard InChI is InChI=1S/C15H17N3O3/c1-11-8-13(17(2)16-11)15(21)18(10-14(19)20)9-12-6-4-3-5-7-12/h3-8H,9-10H2,1-2H3,(H,19,20). The van der Waals surface area contributed by atoms with E-state index >= 15 is 0 Å². The highest BCUT2D eigenvalue weighted by atomic mass is 16.4. The average Bonchev–Trinajstić information content (AvgIpc) is 2.77. The van der Waals surface area contributed by atoms with Gasteiger partial charge < -0.3 is 10.0 Å². The summed E-state index contributed by atoms with van der Waals surface area (Å²) in [7, 11) is 1.67. The van der Waals surface area contributed by atoms with Gasteiger partial charge in [0.1, 0.15) is 12.2 Å². The van der Waals surface area contributed by atoms with Crippen molar-refractivity contribution < 1.29 is 14.7 Å². The molecule has 0 unspecified atom stereocenters. The van der Waals surface area contributed by atoms with E-state index in [-0.39, 0.29) is 19.0 Å². The number of carbonyl (C=O) groups is 2. The van der Waals surface area contributed by atoms with Gasteiger partial charge in [-0.25, -0.2) is 0 Å². The molecule has 0 aliphatic carbocycles. The molecule has 110 valence electrons. The molecule has 0 saturated heterocycles. The first-order chi connectivity index (χ1) is 9.97. The summed E-state index contributed by atoms with van der Waals surface area (Å²) in [4.78, 5) is 24.8. The summed E-state index contributed by atoms with van der Waals surface area (Å²) in [5.74, 6) is -1.39. The third-order valence-corrected chi connectivity index (χ3v) is 3.05. The molecule has 0 fully saturated rings. The number of aromatic nitrogens is 2. The van der Waals surface area contributed by atoms with E-state index < -0.39 is 5.97 Å². The predicted molar refractivity (Wildman–Crippen MR) is 76.8 cm³/mol. The Morgan fingerprint density at radius 3 is 2.48 bits per heavy atom. The van der Waals surface area contributed by atoms with E-state index in [2.05, 4.69) is 5.10 Å². The van der Waals surface area contributed by atoms with Crippen molar-refractivity contribution in [1.29, 1.82) is 0 Å². The van der Waals surface area contributed by atoms with Crippen LogP contribution < -0.4 is 0 Å². The largest absolute Gasteiger partial charge is 0.480 e. The van der Waals surface area contributed by atoms with Gasteiger partial charge in [0.2, 0.25) is 0 Å². The summed E-state index contributed by atoms with van der Waals surface area (Å²) >= 11 is 0. The number of carboxylic acid groups (broad SMARTS) is 1. The van der Waals surface area contributed by atoms with E-state index in [9.17, 15) is 9.59 Å². The molecule has 1 aromatic carbocycles. The molecule has 0 saturated carbocycles. The van der Waals surface area contributed by atoms with Crippen molar-refractivity contribution in [2.45, 2.75) is 13.5 Å². The Bertz CT molecular complexity index is 649. The quantitative estimate of drug-likeness (QED) is 0.903. The molecule has 6 heteroatoms. The second-order valence-electron chi connectivity index (χ2n) is 4.84. The Balaban J connectivity index is 2.25. The Labute approximate surface area is 122 Å². The van der Waals surface area contributed by atoms with Crippen LogP contribution in [0.15, 0.2) is 36.4 Å². The van der Waals surface area contributed by atoms with Crippen LogP contribution in [0.5, 0.6) is 0 Å². The molecule has 0 aliphatic rings. The number of aliphatic carboxylic acids is 1. The lowest BCUT2D eigenvalue weighted by molar-refractivity contribution is -0.137. The second kappa shape index (κ2) is 6.21. The van der Waals surface area contributed by atoms with Gasteiger partial charge in [-0.2, -0.15) is 5.10 Å². The fourth-order valence-corrected chi connectivity index (χ4v) is 2.14. The molecule has 0 atom stereocenters. The molecule has 1 N–H and O–H groups in total. The molecular formula is C15H17N3O3. The molecule has 0 bridgehead atoms. The van der Waals surface area contributed by atoms with Crippen molar-refractivity contribution in [3.05, 3.63) is 53.3 Å². The van der Waals surface area contributed by atoms with Gasteiger partial charge >= 0.3 is 5.97 Å². The van der Waals surface area contributed by atoms with Gasteiger partial charge in [-0.1, -0.05) is 30.3 Å². The lowest BCUT2D eigenvalue weighted by Crippen LogP contribution is -2.36. The average molecular weight is 287 g/mol. The Hall–Kier alpha value is -2.63. The summed E-state index contributed by atoms with van der Waals surface area (Å²) in [6, 6.07) is 11.0. The molecule has 1 heterocycles. The van der Waals surface area contributed by atoms with Crippen molar-refractivity contribution in [1.82, 2.24) is 14.7 Å². The van der Waals surface area contributed by atoms with Gasteiger partial charge in [-0.05, 0) is 18.6 Å². The number of benzene rings is 1. The predicted octanol–water partition coefficient (Wildman–Crippen LogP) is 1.46. The van der Waals surface area contributed by atoms with Crippen LogP contribution in [0.1, 0.15) is 21.7 Å². The second-order valence-corrected chi connectivity index (χ2v) is 4.84. The lowest BCUT2D eigenvalue weighted by atomic mass is 10.2. The maximum Gasteiger partial charge on any atom is 0.323 e. The SMILES string of the molecule is Cc1cc(C(=O)N(CC(=O)O)Cc2ccccc2)n(C)n1. The first kappa shape index (κ1) is 14.8. The van der Waals surface area contributed by atoms with E-state index in [1.165, 1.54) is 9.58 Å². The summed E-state index contributed by atoms with van der Waals surface area (Å²) in [5.41, 5.74) is 1.98. The molecule has 2 rings (SSSR count). The molecule has 0 radical (unpaired) electrons. The summed E-state index contributed by atoms with van der Waals surface area (Å²) in [6.07, 6.45) is 0. The van der Waals surface area contributed by atoms with Crippen molar-refractivity contribution in [2.24, 2.45) is 7.05 Å². The Morgan fingerprint density at radius 1 is 1.29 bits per heavy atom. The smallest absolute Gasteiger partial charge is 0.323 e. The van der Waals surface area contributed by atoms with Crippen LogP contribution in [-0.2, 0) is 18.4 Å². The monoisotopic (exact) mass is 287 g/mol. The fraction of sp³-hybridized carbons (Fsp3) is 0.267. The highest BCUT2D eigenvalue weighted by Gasteiger charge is 2.22. The summed E-state index contributed by atoms with van der Waals surface area (Å²) in [5, 5.41) is 13.1. The Morgan fingerprint density at radius 2 is 1.95 bits per heavy atom. The van der Waals surface area contributed by atoms with E-state index in [0.717, 1.165) is 11.3 Å². The zero-order chi connectivity index (χ0) is 15.4. The molecule has 0 aliphatic heterocycles. The molecular weight excluding hydrogens is 270 g/mol. The van der Waals surface area contributed by atoms with Crippen molar-refractivity contribution in [3.63, 3.8) is 0 Å². The molecule has 1 amide bonds. The number of nitrogens with zero attached hydrogens (tertiary/aromatic N) is 3. The van der Waals surface area contributed by atoms with Crippen molar-refractivity contribution in [2.75, 3.05) is 6.54 Å². The van der Waals surface area contributed by atoms with Gasteiger partial charge in [0.25, 0.3) is 5.91 Å². The van der Waals surface area contributed by atoms with Crippen LogP contribution in [0.25, 0.3) is 0 Å². The minimum atomic E-state index is -1.04. The van der Waals surface area contributed by atoms with Crippen LogP contribution >= 0.6 is 0 Å². The van der Waals surface area contributed by atoms with E-state index in [0.29, 0.717) is 5.69 Å². The van der Waals surface area contributed by atoms with Crippen LogP contribution in [0.4, 0.5) is 0 Å². The first-order valence-electron chi connectivity index (χ1n) is 6.53. The maximum absolute atomic E-state index is 12.5. The van der Waals surface area contributed by atoms with E-state index in [1.807, 2.05) is 30.3 Å². The van der Waals surface area contributed by atoms with E-state index in [4.69, 9.17) is 5.11 Å². The molecule has 0 spiro atoms. The fourth-order valence-electron chi connectivity index (χ4n) is 2.14. The lowest BCUT2D eigenvalue weighted by Gasteiger charge is -2.20. The zero-order valence-corrected chi connectivity index (χ0v) is 12.0. The molecule has 21 heavy (non-hydrogen) atoms. The minimum absolute atomic E-state index is 0.246. The normalized spacial score (nSPS) is 10.4. The van der Waals surface area contributed by atoms with Crippen LogP contribution in [-0.4, -0.2) is 38.2 Å². The third-order valence-electron chi connectivity index (χ3n) is 3.05. The van der Waals surface area contributed by atoms with Crippen LogP contribution in [0.3, 0.4) is 0 Å².